The van der Waals surface area contributed by atoms with Gasteiger partial charge in [-0.05, 0) is 25.1 Å². The Kier molecular flexibility index (Phi) is 2.99. The third-order valence-electron chi connectivity index (χ3n) is 5.37. The molecule has 0 N–H and O–H groups in total. The van der Waals surface area contributed by atoms with Crippen molar-refractivity contribution in [2.45, 2.75) is 19.8 Å². The summed E-state index contributed by atoms with van der Waals surface area (Å²) in [5.74, 6) is 2.08. The van der Waals surface area contributed by atoms with Gasteiger partial charge in [0.1, 0.15) is 5.75 Å². The normalized spacial score (nSPS) is 23.7. The number of ether oxygens (including phenoxy) is 2. The van der Waals surface area contributed by atoms with Crippen LogP contribution in [0.1, 0.15) is 29.7 Å². The van der Waals surface area contributed by atoms with Crippen LogP contribution in [0.25, 0.3) is 5.69 Å². The molecule has 2 aromatic carbocycles. The summed E-state index contributed by atoms with van der Waals surface area (Å²) in [7, 11) is 0. The second-order valence-electron chi connectivity index (χ2n) is 7.25. The van der Waals surface area contributed by atoms with Crippen LogP contribution in [0.15, 0.2) is 54.6 Å². The van der Waals surface area contributed by atoms with E-state index in [1.807, 2.05) is 28.9 Å². The van der Waals surface area contributed by atoms with Crippen LogP contribution in [-0.2, 0) is 0 Å². The predicted molar refractivity (Wildman–Crippen MR) is 95.7 cm³/mol. The van der Waals surface area contributed by atoms with Crippen LogP contribution in [0, 0.1) is 12.3 Å². The Morgan fingerprint density at radius 1 is 1.00 bits per heavy atom. The summed E-state index contributed by atoms with van der Waals surface area (Å²) >= 11 is 0. The Morgan fingerprint density at radius 3 is 2.56 bits per heavy atom. The SMILES string of the molecule is Cc1nn(-c2ccccc2)c2c1C1c3ccccc3OCC1(C)CO2. The molecule has 25 heavy (non-hydrogen) atoms. The maximum atomic E-state index is 6.24. The third-order valence-corrected chi connectivity index (χ3v) is 5.37. The van der Waals surface area contributed by atoms with E-state index in [1.165, 1.54) is 11.1 Å². The minimum absolute atomic E-state index is 0.0866. The molecule has 4 heteroatoms. The van der Waals surface area contributed by atoms with Gasteiger partial charge in [-0.2, -0.15) is 5.10 Å². The van der Waals surface area contributed by atoms with E-state index in [9.17, 15) is 0 Å². The number of rotatable bonds is 1. The first-order valence-corrected chi connectivity index (χ1v) is 8.67. The van der Waals surface area contributed by atoms with Gasteiger partial charge in [0, 0.05) is 22.5 Å². The molecule has 3 heterocycles. The summed E-state index contributed by atoms with van der Waals surface area (Å²) in [6.07, 6.45) is 0. The Morgan fingerprint density at radius 2 is 1.72 bits per heavy atom. The van der Waals surface area contributed by atoms with Gasteiger partial charge in [0.05, 0.1) is 24.6 Å². The highest BCUT2D eigenvalue weighted by atomic mass is 16.5. The molecule has 0 amide bonds. The Labute approximate surface area is 147 Å². The molecule has 1 aromatic heterocycles. The lowest BCUT2D eigenvalue weighted by Crippen LogP contribution is -2.44. The number of hydrogen-bond donors (Lipinski definition) is 0. The van der Waals surface area contributed by atoms with Gasteiger partial charge in [0.15, 0.2) is 0 Å². The Hall–Kier alpha value is -2.75. The molecule has 2 aliphatic rings. The summed E-state index contributed by atoms with van der Waals surface area (Å²) in [5, 5.41) is 4.81. The maximum Gasteiger partial charge on any atom is 0.220 e. The molecule has 4 nitrogen and oxygen atoms in total. The minimum atomic E-state index is -0.0866. The lowest BCUT2D eigenvalue weighted by atomic mass is 9.68. The molecule has 2 aliphatic heterocycles. The van der Waals surface area contributed by atoms with Crippen LogP contribution < -0.4 is 9.47 Å². The molecule has 0 saturated carbocycles. The van der Waals surface area contributed by atoms with E-state index in [1.54, 1.807) is 0 Å². The zero-order valence-electron chi connectivity index (χ0n) is 14.4. The highest BCUT2D eigenvalue weighted by molar-refractivity contribution is 5.53. The molecular weight excluding hydrogens is 312 g/mol. The van der Waals surface area contributed by atoms with Crippen LogP contribution in [0.3, 0.4) is 0 Å². The van der Waals surface area contributed by atoms with Crippen molar-refractivity contribution < 1.29 is 9.47 Å². The van der Waals surface area contributed by atoms with Gasteiger partial charge in [0.2, 0.25) is 5.88 Å². The van der Waals surface area contributed by atoms with Crippen LogP contribution in [0.4, 0.5) is 0 Å². The van der Waals surface area contributed by atoms with Crippen molar-refractivity contribution in [2.24, 2.45) is 5.41 Å². The number of fused-ring (bicyclic) bond motifs is 5. The quantitative estimate of drug-likeness (QED) is 0.673. The van der Waals surface area contributed by atoms with Crippen molar-refractivity contribution in [1.29, 1.82) is 0 Å². The average Bonchev–Trinajstić information content (AvgIpc) is 2.98. The molecule has 0 spiro atoms. The first kappa shape index (κ1) is 14.6. The lowest BCUT2D eigenvalue weighted by molar-refractivity contribution is 0.0415. The molecule has 0 aliphatic carbocycles. The van der Waals surface area contributed by atoms with E-state index >= 15 is 0 Å². The maximum absolute atomic E-state index is 6.24. The zero-order chi connectivity index (χ0) is 17.0. The smallest absolute Gasteiger partial charge is 0.220 e. The monoisotopic (exact) mass is 332 g/mol. The van der Waals surface area contributed by atoms with Gasteiger partial charge in [-0.1, -0.05) is 43.3 Å². The van der Waals surface area contributed by atoms with E-state index in [4.69, 9.17) is 14.6 Å². The summed E-state index contributed by atoms with van der Waals surface area (Å²) in [4.78, 5) is 0. The highest BCUT2D eigenvalue weighted by Crippen LogP contribution is 2.54. The highest BCUT2D eigenvalue weighted by Gasteiger charge is 2.49. The summed E-state index contributed by atoms with van der Waals surface area (Å²) in [5.41, 5.74) is 4.38. The molecule has 2 unspecified atom stereocenters. The van der Waals surface area contributed by atoms with Gasteiger partial charge < -0.3 is 9.47 Å². The molecule has 0 radical (unpaired) electrons. The summed E-state index contributed by atoms with van der Waals surface area (Å²) in [6, 6.07) is 18.5. The van der Waals surface area contributed by atoms with Crippen LogP contribution in [0.5, 0.6) is 11.6 Å². The molecule has 5 rings (SSSR count). The number of aryl methyl sites for hydroxylation is 1. The number of nitrogens with zero attached hydrogens (tertiary/aromatic N) is 2. The molecular formula is C21H20N2O2. The van der Waals surface area contributed by atoms with Crippen molar-refractivity contribution >= 4 is 0 Å². The number of benzene rings is 2. The van der Waals surface area contributed by atoms with Gasteiger partial charge in [-0.15, -0.1) is 0 Å². The first-order chi connectivity index (χ1) is 12.2. The minimum Gasteiger partial charge on any atom is -0.493 e. The van der Waals surface area contributed by atoms with Crippen LogP contribution >= 0.6 is 0 Å². The fourth-order valence-corrected chi connectivity index (χ4v) is 4.15. The first-order valence-electron chi connectivity index (χ1n) is 8.67. The fourth-order valence-electron chi connectivity index (χ4n) is 4.15. The van der Waals surface area contributed by atoms with Gasteiger partial charge in [-0.25, -0.2) is 4.68 Å². The third kappa shape index (κ3) is 2.03. The van der Waals surface area contributed by atoms with E-state index < -0.39 is 0 Å². The molecule has 126 valence electrons. The van der Waals surface area contributed by atoms with Crippen LogP contribution in [-0.4, -0.2) is 23.0 Å². The summed E-state index contributed by atoms with van der Waals surface area (Å²) < 4.78 is 14.2. The second kappa shape index (κ2) is 5.12. The molecule has 0 saturated heterocycles. The van der Waals surface area contributed by atoms with E-state index in [0.717, 1.165) is 23.0 Å². The lowest BCUT2D eigenvalue weighted by Gasteiger charge is -2.44. The van der Waals surface area contributed by atoms with Crippen molar-refractivity contribution in [3.05, 3.63) is 71.4 Å². The molecule has 0 bridgehead atoms. The largest absolute Gasteiger partial charge is 0.493 e. The van der Waals surface area contributed by atoms with E-state index in [2.05, 4.69) is 44.2 Å². The average molecular weight is 332 g/mol. The number of para-hydroxylation sites is 2. The number of hydrogen-bond acceptors (Lipinski definition) is 3. The molecule has 0 fully saturated rings. The predicted octanol–water partition coefficient (Wildman–Crippen LogP) is 4.10. The van der Waals surface area contributed by atoms with Gasteiger partial charge in [-0.3, -0.25) is 0 Å². The van der Waals surface area contributed by atoms with Crippen molar-refractivity contribution in [2.75, 3.05) is 13.2 Å². The Bertz CT molecular complexity index is 948. The van der Waals surface area contributed by atoms with Gasteiger partial charge >= 0.3 is 0 Å². The van der Waals surface area contributed by atoms with Gasteiger partial charge in [0.25, 0.3) is 0 Å². The zero-order valence-corrected chi connectivity index (χ0v) is 14.4. The standard InChI is InChI=1S/C21H20N2O2/c1-14-18-19-16-10-6-7-11-17(16)24-12-21(19,2)13-25-20(18)23(22-14)15-8-4-3-5-9-15/h3-11,19H,12-13H2,1-2H3. The fraction of sp³-hybridized carbons (Fsp3) is 0.286. The summed E-state index contributed by atoms with van der Waals surface area (Å²) in [6.45, 7) is 5.60. The molecule has 3 aromatic rings. The number of aromatic nitrogens is 2. The topological polar surface area (TPSA) is 36.3 Å². The van der Waals surface area contributed by atoms with Crippen molar-refractivity contribution in [1.82, 2.24) is 9.78 Å². The van der Waals surface area contributed by atoms with E-state index in [-0.39, 0.29) is 11.3 Å². The van der Waals surface area contributed by atoms with Crippen molar-refractivity contribution in [3.63, 3.8) is 0 Å². The van der Waals surface area contributed by atoms with Crippen LogP contribution in [0.2, 0.25) is 0 Å². The molecule has 2 atom stereocenters. The van der Waals surface area contributed by atoms with Crippen molar-refractivity contribution in [3.8, 4) is 17.3 Å². The second-order valence-corrected chi connectivity index (χ2v) is 7.25. The Balaban J connectivity index is 1.74. The van der Waals surface area contributed by atoms with E-state index in [0.29, 0.717) is 13.2 Å².